The van der Waals surface area contributed by atoms with E-state index in [2.05, 4.69) is 54.6 Å². The fourth-order valence-corrected chi connectivity index (χ4v) is 5.44. The first-order chi connectivity index (χ1) is 17.2. The molecular weight excluding hydrogens is 448 g/mol. The van der Waals surface area contributed by atoms with E-state index in [1.54, 1.807) is 0 Å². The molecule has 0 aliphatic heterocycles. The maximum absolute atomic E-state index is 10.5. The summed E-state index contributed by atoms with van der Waals surface area (Å²) in [5.74, 6) is -0.656. The van der Waals surface area contributed by atoms with E-state index in [4.69, 9.17) is 5.11 Å². The standard InChI is InChI=1S/C32H48O2S/c33-32(34)24-20-15-13-11-9-7-5-3-1-2-4-6-8-10-12-14-17-21-29-25-27-31(28-26-29)35-30-22-18-16-19-23-30/h16,18-19,22-23,25-28H,1-15,17,20-21,24H2,(H,33,34). The van der Waals surface area contributed by atoms with Crippen molar-refractivity contribution in [2.24, 2.45) is 0 Å². The average molecular weight is 497 g/mol. The average Bonchev–Trinajstić information content (AvgIpc) is 2.87. The van der Waals surface area contributed by atoms with Gasteiger partial charge in [0.05, 0.1) is 0 Å². The Balaban J connectivity index is 1.30. The van der Waals surface area contributed by atoms with E-state index in [9.17, 15) is 4.79 Å². The molecule has 0 heterocycles. The number of hydrogen-bond donors (Lipinski definition) is 1. The highest BCUT2D eigenvalue weighted by atomic mass is 32.2. The van der Waals surface area contributed by atoms with Crippen LogP contribution in [0.3, 0.4) is 0 Å². The zero-order chi connectivity index (χ0) is 24.8. The lowest BCUT2D eigenvalue weighted by Gasteiger charge is -2.05. The Morgan fingerprint density at radius 1 is 0.514 bits per heavy atom. The summed E-state index contributed by atoms with van der Waals surface area (Å²) < 4.78 is 0. The Bertz CT molecular complexity index is 757. The van der Waals surface area contributed by atoms with Crippen LogP contribution in [0, 0.1) is 0 Å². The third kappa shape index (κ3) is 16.5. The summed E-state index contributed by atoms with van der Waals surface area (Å²) >= 11 is 1.83. The number of aliphatic carboxylic acids is 1. The molecule has 0 fully saturated rings. The van der Waals surface area contributed by atoms with Crippen LogP contribution in [0.2, 0.25) is 0 Å². The van der Waals surface area contributed by atoms with E-state index in [1.165, 1.54) is 118 Å². The van der Waals surface area contributed by atoms with Gasteiger partial charge in [-0.15, -0.1) is 0 Å². The molecule has 35 heavy (non-hydrogen) atoms. The molecule has 0 aromatic heterocycles. The Morgan fingerprint density at radius 2 is 0.914 bits per heavy atom. The van der Waals surface area contributed by atoms with Crippen molar-refractivity contribution in [1.82, 2.24) is 0 Å². The zero-order valence-corrected chi connectivity index (χ0v) is 22.7. The molecule has 0 radical (unpaired) electrons. The minimum absolute atomic E-state index is 0.338. The lowest BCUT2D eigenvalue weighted by atomic mass is 10.0. The van der Waals surface area contributed by atoms with Gasteiger partial charge in [0.2, 0.25) is 0 Å². The number of carboxylic acid groups (broad SMARTS) is 1. The summed E-state index contributed by atoms with van der Waals surface area (Å²) in [6.07, 6.45) is 23.9. The number of hydrogen-bond acceptors (Lipinski definition) is 2. The van der Waals surface area contributed by atoms with Gasteiger partial charge in [0.1, 0.15) is 0 Å². The second kappa shape index (κ2) is 20.5. The molecule has 0 saturated heterocycles. The summed E-state index contributed by atoms with van der Waals surface area (Å²) in [6.45, 7) is 0. The van der Waals surface area contributed by atoms with Gasteiger partial charge in [0, 0.05) is 16.2 Å². The van der Waals surface area contributed by atoms with Crippen LogP contribution in [-0.4, -0.2) is 11.1 Å². The van der Waals surface area contributed by atoms with Crippen LogP contribution >= 0.6 is 11.8 Å². The smallest absolute Gasteiger partial charge is 0.303 e. The zero-order valence-electron chi connectivity index (χ0n) is 21.9. The highest BCUT2D eigenvalue weighted by Crippen LogP contribution is 2.27. The Labute approximate surface area is 219 Å². The van der Waals surface area contributed by atoms with E-state index < -0.39 is 5.97 Å². The molecule has 0 aliphatic rings. The van der Waals surface area contributed by atoms with Crippen LogP contribution in [-0.2, 0) is 11.2 Å². The van der Waals surface area contributed by atoms with Gasteiger partial charge < -0.3 is 5.11 Å². The van der Waals surface area contributed by atoms with E-state index in [-0.39, 0.29) is 0 Å². The van der Waals surface area contributed by atoms with Gasteiger partial charge in [0.25, 0.3) is 0 Å². The molecule has 2 aromatic carbocycles. The molecule has 0 atom stereocenters. The maximum atomic E-state index is 10.5. The van der Waals surface area contributed by atoms with Gasteiger partial charge in [-0.05, 0) is 49.1 Å². The van der Waals surface area contributed by atoms with E-state index in [0.717, 1.165) is 12.8 Å². The summed E-state index contributed by atoms with van der Waals surface area (Å²) in [5, 5.41) is 8.62. The third-order valence-corrected chi connectivity index (χ3v) is 7.77. The molecule has 0 aliphatic carbocycles. The normalized spacial score (nSPS) is 11.1. The van der Waals surface area contributed by atoms with Crippen LogP contribution in [0.1, 0.15) is 121 Å². The second-order valence-corrected chi connectivity index (χ2v) is 11.1. The molecular formula is C32H48O2S. The van der Waals surface area contributed by atoms with Crippen molar-refractivity contribution in [2.75, 3.05) is 0 Å². The molecule has 2 rings (SSSR count). The van der Waals surface area contributed by atoms with Crippen molar-refractivity contribution in [3.05, 3.63) is 60.2 Å². The summed E-state index contributed by atoms with van der Waals surface area (Å²) in [4.78, 5) is 13.1. The number of rotatable bonds is 22. The molecule has 0 saturated carbocycles. The molecule has 194 valence electrons. The van der Waals surface area contributed by atoms with Crippen LogP contribution in [0.5, 0.6) is 0 Å². The van der Waals surface area contributed by atoms with Crippen LogP contribution in [0.15, 0.2) is 64.4 Å². The monoisotopic (exact) mass is 496 g/mol. The van der Waals surface area contributed by atoms with Crippen LogP contribution < -0.4 is 0 Å². The van der Waals surface area contributed by atoms with Crippen molar-refractivity contribution in [2.45, 2.75) is 132 Å². The quantitative estimate of drug-likeness (QED) is 0.165. The minimum atomic E-state index is -0.656. The highest BCUT2D eigenvalue weighted by Gasteiger charge is 2.00. The minimum Gasteiger partial charge on any atom is -0.481 e. The molecule has 0 spiro atoms. The topological polar surface area (TPSA) is 37.3 Å². The molecule has 2 aromatic rings. The Hall–Kier alpha value is -1.74. The summed E-state index contributed by atoms with van der Waals surface area (Å²) in [5.41, 5.74) is 1.47. The predicted octanol–water partition coefficient (Wildman–Crippen LogP) is 10.5. The highest BCUT2D eigenvalue weighted by molar-refractivity contribution is 7.99. The third-order valence-electron chi connectivity index (χ3n) is 6.76. The lowest BCUT2D eigenvalue weighted by molar-refractivity contribution is -0.137. The van der Waals surface area contributed by atoms with E-state index in [0.29, 0.717) is 6.42 Å². The molecule has 0 unspecified atom stereocenters. The van der Waals surface area contributed by atoms with Gasteiger partial charge >= 0.3 is 5.97 Å². The van der Waals surface area contributed by atoms with Gasteiger partial charge in [-0.3, -0.25) is 4.79 Å². The SMILES string of the molecule is O=C(O)CCCCCCCCCCCCCCCCCCCc1ccc(Sc2ccccc2)cc1. The van der Waals surface area contributed by atoms with Gasteiger partial charge in [0.15, 0.2) is 0 Å². The first kappa shape index (κ1) is 29.5. The summed E-state index contributed by atoms with van der Waals surface area (Å²) in [7, 11) is 0. The van der Waals surface area contributed by atoms with Crippen LogP contribution in [0.4, 0.5) is 0 Å². The molecule has 2 nitrogen and oxygen atoms in total. The lowest BCUT2D eigenvalue weighted by Crippen LogP contribution is -1.93. The van der Waals surface area contributed by atoms with Crippen molar-refractivity contribution >= 4 is 17.7 Å². The van der Waals surface area contributed by atoms with Crippen molar-refractivity contribution in [1.29, 1.82) is 0 Å². The molecule has 0 amide bonds. The Kier molecular flexibility index (Phi) is 17.2. The largest absolute Gasteiger partial charge is 0.481 e. The van der Waals surface area contributed by atoms with Gasteiger partial charge in [-0.25, -0.2) is 0 Å². The van der Waals surface area contributed by atoms with Crippen molar-refractivity contribution in [3.63, 3.8) is 0 Å². The number of carbonyl (C=O) groups is 1. The first-order valence-electron chi connectivity index (χ1n) is 14.3. The van der Waals surface area contributed by atoms with Crippen molar-refractivity contribution < 1.29 is 9.90 Å². The fraction of sp³-hybridized carbons (Fsp3) is 0.594. The van der Waals surface area contributed by atoms with E-state index in [1.807, 2.05) is 11.8 Å². The fourth-order valence-electron chi connectivity index (χ4n) is 4.61. The number of unbranched alkanes of at least 4 members (excludes halogenated alkanes) is 16. The summed E-state index contributed by atoms with van der Waals surface area (Å²) in [6, 6.07) is 19.7. The molecule has 3 heteroatoms. The van der Waals surface area contributed by atoms with Crippen LogP contribution in [0.25, 0.3) is 0 Å². The van der Waals surface area contributed by atoms with Gasteiger partial charge in [-0.2, -0.15) is 0 Å². The van der Waals surface area contributed by atoms with Gasteiger partial charge in [-0.1, -0.05) is 138 Å². The molecule has 1 N–H and O–H groups in total. The van der Waals surface area contributed by atoms with E-state index >= 15 is 0 Å². The maximum Gasteiger partial charge on any atom is 0.303 e. The first-order valence-corrected chi connectivity index (χ1v) is 15.1. The number of benzene rings is 2. The number of carboxylic acids is 1. The second-order valence-electron chi connectivity index (χ2n) is 9.96. The predicted molar refractivity (Wildman–Crippen MR) is 151 cm³/mol. The van der Waals surface area contributed by atoms with Crippen molar-refractivity contribution in [3.8, 4) is 0 Å². The Morgan fingerprint density at radius 3 is 1.37 bits per heavy atom. The number of aryl methyl sites for hydroxylation is 1. The molecule has 0 bridgehead atoms.